The second kappa shape index (κ2) is 6.19. The molecule has 1 aliphatic rings. The summed E-state index contributed by atoms with van der Waals surface area (Å²) in [5.41, 5.74) is 1.88. The lowest BCUT2D eigenvalue weighted by Gasteiger charge is -2.26. The lowest BCUT2D eigenvalue weighted by molar-refractivity contribution is 0.0428. The number of benzene rings is 1. The zero-order chi connectivity index (χ0) is 11.9. The van der Waals surface area contributed by atoms with E-state index in [1.165, 1.54) is 0 Å². The predicted molar refractivity (Wildman–Crippen MR) is 67.3 cm³/mol. The van der Waals surface area contributed by atoms with Crippen LogP contribution >= 0.6 is 0 Å². The number of ether oxygens (including phenoxy) is 1. The molecule has 1 aromatic rings. The van der Waals surface area contributed by atoms with E-state index in [0.29, 0.717) is 0 Å². The Morgan fingerprint density at radius 2 is 2.00 bits per heavy atom. The summed E-state index contributed by atoms with van der Waals surface area (Å²) >= 11 is 0. The highest BCUT2D eigenvalue weighted by atomic mass is 16.5. The molecule has 0 unspecified atom stereocenters. The summed E-state index contributed by atoms with van der Waals surface area (Å²) in [4.78, 5) is 2.25. The van der Waals surface area contributed by atoms with Crippen LogP contribution in [0, 0.1) is 11.3 Å². The number of hydrogen-bond donors (Lipinski definition) is 0. The molecule has 1 saturated heterocycles. The van der Waals surface area contributed by atoms with Gasteiger partial charge in [-0.25, -0.2) is 0 Å². The van der Waals surface area contributed by atoms with Gasteiger partial charge in [0.2, 0.25) is 0 Å². The molecule has 3 nitrogen and oxygen atoms in total. The Balaban J connectivity index is 2.01. The van der Waals surface area contributed by atoms with Crippen molar-refractivity contribution in [3.8, 4) is 6.07 Å². The molecule has 0 bridgehead atoms. The van der Waals surface area contributed by atoms with Gasteiger partial charge in [-0.3, -0.25) is 4.90 Å². The zero-order valence-electron chi connectivity index (χ0n) is 9.80. The third-order valence-corrected chi connectivity index (χ3v) is 2.78. The van der Waals surface area contributed by atoms with Crippen molar-refractivity contribution in [3.63, 3.8) is 0 Å². The molecular formula is C14H16N2O. The maximum atomic E-state index is 9.14. The van der Waals surface area contributed by atoms with Gasteiger partial charge in [0.15, 0.2) is 0 Å². The van der Waals surface area contributed by atoms with Gasteiger partial charge in [0.1, 0.15) is 0 Å². The fourth-order valence-corrected chi connectivity index (χ4v) is 1.86. The molecule has 1 aromatic carbocycles. The first kappa shape index (κ1) is 11.8. The van der Waals surface area contributed by atoms with Crippen LogP contribution in [-0.2, 0) is 4.74 Å². The highest BCUT2D eigenvalue weighted by Crippen LogP contribution is 2.08. The Morgan fingerprint density at radius 1 is 1.29 bits per heavy atom. The molecule has 0 spiro atoms. The van der Waals surface area contributed by atoms with Crippen molar-refractivity contribution in [2.45, 2.75) is 0 Å². The molecule has 0 saturated carbocycles. The topological polar surface area (TPSA) is 36.3 Å². The van der Waals surface area contributed by atoms with E-state index in [1.807, 2.05) is 36.4 Å². The third kappa shape index (κ3) is 3.70. The van der Waals surface area contributed by atoms with Crippen LogP contribution < -0.4 is 0 Å². The summed E-state index contributed by atoms with van der Waals surface area (Å²) < 4.78 is 5.29. The van der Waals surface area contributed by atoms with E-state index < -0.39 is 0 Å². The number of nitriles is 1. The van der Waals surface area contributed by atoms with Gasteiger partial charge < -0.3 is 4.74 Å². The summed E-state index contributed by atoms with van der Waals surface area (Å²) in [7, 11) is 0. The zero-order valence-corrected chi connectivity index (χ0v) is 9.80. The summed E-state index contributed by atoms with van der Waals surface area (Å²) in [6.45, 7) is 4.07. The molecule has 0 aliphatic carbocycles. The van der Waals surface area contributed by atoms with Crippen LogP contribution in [0.15, 0.2) is 35.9 Å². The number of morpholine rings is 1. The minimum Gasteiger partial charge on any atom is -0.379 e. The van der Waals surface area contributed by atoms with Crippen LogP contribution in [0.4, 0.5) is 0 Å². The normalized spacial score (nSPS) is 17.7. The number of nitrogens with zero attached hydrogens (tertiary/aromatic N) is 2. The molecule has 88 valence electrons. The van der Waals surface area contributed by atoms with Crippen molar-refractivity contribution in [2.75, 3.05) is 32.8 Å². The van der Waals surface area contributed by atoms with Crippen LogP contribution in [0.2, 0.25) is 0 Å². The van der Waals surface area contributed by atoms with Gasteiger partial charge in [0, 0.05) is 25.2 Å². The average Bonchev–Trinajstić information content (AvgIpc) is 2.40. The molecule has 0 N–H and O–H groups in total. The highest BCUT2D eigenvalue weighted by molar-refractivity contribution is 5.57. The van der Waals surface area contributed by atoms with E-state index in [0.717, 1.165) is 44.0 Å². The maximum Gasteiger partial charge on any atom is 0.0961 e. The number of hydrogen-bond acceptors (Lipinski definition) is 3. The molecular weight excluding hydrogens is 212 g/mol. The molecule has 1 fully saturated rings. The third-order valence-electron chi connectivity index (χ3n) is 2.78. The Kier molecular flexibility index (Phi) is 4.31. The lowest BCUT2D eigenvalue weighted by atomic mass is 10.1. The van der Waals surface area contributed by atoms with Crippen LogP contribution in [-0.4, -0.2) is 37.7 Å². The van der Waals surface area contributed by atoms with Crippen molar-refractivity contribution in [1.29, 1.82) is 5.26 Å². The minimum absolute atomic E-state index is 0.717. The van der Waals surface area contributed by atoms with E-state index in [4.69, 9.17) is 10.00 Å². The van der Waals surface area contributed by atoms with Gasteiger partial charge in [0.05, 0.1) is 19.3 Å². The number of rotatable bonds is 3. The van der Waals surface area contributed by atoms with Crippen LogP contribution in [0.3, 0.4) is 0 Å². The second-order valence-corrected chi connectivity index (χ2v) is 4.08. The smallest absolute Gasteiger partial charge is 0.0961 e. The first-order valence-corrected chi connectivity index (χ1v) is 5.84. The van der Waals surface area contributed by atoms with Gasteiger partial charge in [-0.1, -0.05) is 30.3 Å². The molecule has 0 amide bonds. The molecule has 0 radical (unpaired) electrons. The molecule has 1 aliphatic heterocycles. The van der Waals surface area contributed by atoms with Gasteiger partial charge in [-0.15, -0.1) is 0 Å². The highest BCUT2D eigenvalue weighted by Gasteiger charge is 2.11. The standard InChI is InChI=1S/C14H16N2O/c15-11-14(10-13-4-2-1-3-5-13)12-16-6-8-17-9-7-16/h1-5,10H,6-9,12H2. The van der Waals surface area contributed by atoms with Crippen molar-refractivity contribution in [1.82, 2.24) is 4.90 Å². The Bertz CT molecular complexity index is 414. The van der Waals surface area contributed by atoms with E-state index in [-0.39, 0.29) is 0 Å². The second-order valence-electron chi connectivity index (χ2n) is 4.08. The predicted octanol–water partition coefficient (Wildman–Crippen LogP) is 1.93. The quantitative estimate of drug-likeness (QED) is 0.742. The van der Waals surface area contributed by atoms with Gasteiger partial charge in [-0.05, 0) is 11.6 Å². The Morgan fingerprint density at radius 3 is 2.65 bits per heavy atom. The van der Waals surface area contributed by atoms with Crippen molar-refractivity contribution < 1.29 is 4.74 Å². The first-order valence-electron chi connectivity index (χ1n) is 5.84. The van der Waals surface area contributed by atoms with Gasteiger partial charge in [0.25, 0.3) is 0 Å². The Labute approximate surface area is 102 Å². The average molecular weight is 228 g/mol. The first-order chi connectivity index (χ1) is 8.38. The van der Waals surface area contributed by atoms with Gasteiger partial charge >= 0.3 is 0 Å². The lowest BCUT2D eigenvalue weighted by Crippen LogP contribution is -2.37. The van der Waals surface area contributed by atoms with Crippen molar-refractivity contribution >= 4 is 6.08 Å². The summed E-state index contributed by atoms with van der Waals surface area (Å²) in [6.07, 6.45) is 1.95. The monoisotopic (exact) mass is 228 g/mol. The van der Waals surface area contributed by atoms with Crippen molar-refractivity contribution in [2.24, 2.45) is 0 Å². The van der Waals surface area contributed by atoms with E-state index in [9.17, 15) is 0 Å². The van der Waals surface area contributed by atoms with E-state index >= 15 is 0 Å². The van der Waals surface area contributed by atoms with Crippen molar-refractivity contribution in [3.05, 3.63) is 41.5 Å². The SMILES string of the molecule is N#CC(=Cc1ccccc1)CN1CCOCC1. The molecule has 3 heteroatoms. The fraction of sp³-hybridized carbons (Fsp3) is 0.357. The van der Waals surface area contributed by atoms with Crippen LogP contribution in [0.5, 0.6) is 0 Å². The Hall–Kier alpha value is -1.63. The summed E-state index contributed by atoms with van der Waals surface area (Å²) in [5.74, 6) is 0. The van der Waals surface area contributed by atoms with Crippen LogP contribution in [0.1, 0.15) is 5.56 Å². The molecule has 17 heavy (non-hydrogen) atoms. The van der Waals surface area contributed by atoms with Gasteiger partial charge in [-0.2, -0.15) is 5.26 Å². The molecule has 1 heterocycles. The molecule has 0 atom stereocenters. The fourth-order valence-electron chi connectivity index (χ4n) is 1.86. The largest absolute Gasteiger partial charge is 0.379 e. The maximum absolute atomic E-state index is 9.14. The van der Waals surface area contributed by atoms with E-state index in [2.05, 4.69) is 11.0 Å². The summed E-state index contributed by atoms with van der Waals surface area (Å²) in [5, 5.41) is 9.14. The molecule has 0 aromatic heterocycles. The minimum atomic E-state index is 0.717. The molecule has 2 rings (SSSR count). The summed E-state index contributed by atoms with van der Waals surface area (Å²) in [6, 6.07) is 12.2. The van der Waals surface area contributed by atoms with Crippen LogP contribution in [0.25, 0.3) is 6.08 Å². The van der Waals surface area contributed by atoms with E-state index in [1.54, 1.807) is 0 Å².